The largest absolute Gasteiger partial charge is 0.469 e. The molecule has 1 fully saturated rings. The van der Waals surface area contributed by atoms with Gasteiger partial charge in [0.2, 0.25) is 5.95 Å². The highest BCUT2D eigenvalue weighted by Gasteiger charge is 2.24. The van der Waals surface area contributed by atoms with Crippen LogP contribution in [0.15, 0.2) is 36.7 Å². The Balaban J connectivity index is 1.47. The van der Waals surface area contributed by atoms with E-state index in [2.05, 4.69) is 25.2 Å². The number of hydrogen-bond donors (Lipinski definition) is 2. The molecule has 7 nitrogen and oxygen atoms in total. The van der Waals surface area contributed by atoms with Crippen LogP contribution in [0.1, 0.15) is 12.8 Å². The second kappa shape index (κ2) is 8.16. The van der Waals surface area contributed by atoms with Crippen molar-refractivity contribution in [2.24, 2.45) is 0 Å². The van der Waals surface area contributed by atoms with Gasteiger partial charge in [-0.05, 0) is 12.5 Å². The molecule has 3 heterocycles. The topological polar surface area (TPSA) is 83.1 Å². The molecule has 1 saturated heterocycles. The van der Waals surface area contributed by atoms with E-state index in [9.17, 15) is 4.79 Å². The number of likely N-dealkylation sites (tertiary alicyclic amines) is 1. The summed E-state index contributed by atoms with van der Waals surface area (Å²) in [6.07, 6.45) is 4.94. The summed E-state index contributed by atoms with van der Waals surface area (Å²) < 4.78 is 4.71. The summed E-state index contributed by atoms with van der Waals surface area (Å²) in [6.45, 7) is 2.47. The number of carbonyl (C=O) groups is 1. The Bertz CT molecular complexity index is 990. The Labute approximate surface area is 168 Å². The molecule has 2 N–H and O–H groups in total. The number of methoxy groups -OCH3 is 1. The van der Waals surface area contributed by atoms with Crippen LogP contribution in [0.4, 0.5) is 5.95 Å². The van der Waals surface area contributed by atoms with Crippen molar-refractivity contribution in [2.45, 2.75) is 18.9 Å². The number of H-pyrrole nitrogens is 1. The van der Waals surface area contributed by atoms with Crippen molar-refractivity contribution in [1.29, 1.82) is 0 Å². The molecule has 0 amide bonds. The third-order valence-corrected chi connectivity index (χ3v) is 5.33. The Morgan fingerprint density at radius 1 is 1.43 bits per heavy atom. The Kier molecular flexibility index (Phi) is 5.45. The molecule has 1 aliphatic heterocycles. The monoisotopic (exact) mass is 399 g/mol. The van der Waals surface area contributed by atoms with Crippen LogP contribution in [0.25, 0.3) is 22.2 Å². The summed E-state index contributed by atoms with van der Waals surface area (Å²) in [5.74, 6) is 0.380. The number of nitrogens with zero attached hydrogens (tertiary/aromatic N) is 3. The highest BCUT2D eigenvalue weighted by Crippen LogP contribution is 2.32. The standard InChI is InChI=1S/C20H22ClN5O2/c1-28-18(27)7-9-26-8-6-13(12-26)24-20-23-11-16(21)19(25-20)15-10-22-17-5-3-2-4-14(15)17/h2-5,10-11,13,22H,6-9,12H2,1H3,(H,23,24,25)/t13-/m1/s1. The van der Waals surface area contributed by atoms with Crippen LogP contribution in [0.3, 0.4) is 0 Å². The smallest absolute Gasteiger partial charge is 0.306 e. The lowest BCUT2D eigenvalue weighted by molar-refractivity contribution is -0.140. The average Bonchev–Trinajstić information content (AvgIpc) is 3.34. The van der Waals surface area contributed by atoms with E-state index in [1.807, 2.05) is 30.5 Å². The minimum atomic E-state index is -0.180. The van der Waals surface area contributed by atoms with E-state index in [1.54, 1.807) is 6.20 Å². The molecular weight excluding hydrogens is 378 g/mol. The van der Waals surface area contributed by atoms with Gasteiger partial charge >= 0.3 is 5.97 Å². The number of esters is 1. The Morgan fingerprint density at radius 2 is 2.29 bits per heavy atom. The number of rotatable bonds is 6. The number of benzene rings is 1. The zero-order valence-corrected chi connectivity index (χ0v) is 16.4. The van der Waals surface area contributed by atoms with Gasteiger partial charge in [-0.3, -0.25) is 4.79 Å². The van der Waals surface area contributed by atoms with Crippen LogP contribution in [0, 0.1) is 0 Å². The molecule has 1 aliphatic rings. The number of hydrogen-bond acceptors (Lipinski definition) is 6. The van der Waals surface area contributed by atoms with Crippen molar-refractivity contribution < 1.29 is 9.53 Å². The van der Waals surface area contributed by atoms with Crippen LogP contribution in [0.5, 0.6) is 0 Å². The predicted molar refractivity (Wildman–Crippen MR) is 109 cm³/mol. The van der Waals surface area contributed by atoms with Crippen LogP contribution in [-0.4, -0.2) is 58.6 Å². The maximum Gasteiger partial charge on any atom is 0.306 e. The lowest BCUT2D eigenvalue weighted by atomic mass is 10.1. The Morgan fingerprint density at radius 3 is 3.14 bits per heavy atom. The minimum absolute atomic E-state index is 0.180. The summed E-state index contributed by atoms with van der Waals surface area (Å²) in [4.78, 5) is 25.8. The van der Waals surface area contributed by atoms with Crippen LogP contribution in [-0.2, 0) is 9.53 Å². The van der Waals surface area contributed by atoms with Crippen LogP contribution >= 0.6 is 11.6 Å². The molecule has 0 spiro atoms. The molecule has 28 heavy (non-hydrogen) atoms. The third kappa shape index (κ3) is 3.95. The number of para-hydroxylation sites is 1. The normalized spacial score (nSPS) is 17.1. The molecule has 0 unspecified atom stereocenters. The van der Waals surface area contributed by atoms with Gasteiger partial charge in [-0.25, -0.2) is 9.97 Å². The number of aromatic amines is 1. The molecule has 0 radical (unpaired) electrons. The number of anilines is 1. The van der Waals surface area contributed by atoms with Crippen molar-refractivity contribution in [3.8, 4) is 11.3 Å². The quantitative estimate of drug-likeness (QED) is 0.618. The first-order chi connectivity index (χ1) is 13.6. The molecule has 146 valence electrons. The van der Waals surface area contributed by atoms with Gasteiger partial charge in [0.25, 0.3) is 0 Å². The SMILES string of the molecule is COC(=O)CCN1CC[C@@H](Nc2ncc(Cl)c(-c3c[nH]c4ccccc34)n2)C1. The Hall–Kier alpha value is -2.64. The lowest BCUT2D eigenvalue weighted by Gasteiger charge is -2.16. The minimum Gasteiger partial charge on any atom is -0.469 e. The fourth-order valence-electron chi connectivity index (χ4n) is 3.58. The lowest BCUT2D eigenvalue weighted by Crippen LogP contribution is -2.28. The van der Waals surface area contributed by atoms with Gasteiger partial charge < -0.3 is 19.9 Å². The maximum atomic E-state index is 11.3. The number of nitrogens with one attached hydrogen (secondary N) is 2. The zero-order chi connectivity index (χ0) is 19.5. The molecule has 0 bridgehead atoms. The van der Waals surface area contributed by atoms with E-state index in [0.29, 0.717) is 29.6 Å². The number of aromatic nitrogens is 3. The molecule has 3 aromatic rings. The van der Waals surface area contributed by atoms with Gasteiger partial charge in [0, 0.05) is 48.3 Å². The second-order valence-electron chi connectivity index (χ2n) is 6.89. The van der Waals surface area contributed by atoms with E-state index in [4.69, 9.17) is 16.3 Å². The number of fused-ring (bicyclic) bond motifs is 1. The molecular formula is C20H22ClN5O2. The van der Waals surface area contributed by atoms with E-state index in [1.165, 1.54) is 7.11 Å². The van der Waals surface area contributed by atoms with Gasteiger partial charge in [0.05, 0.1) is 30.4 Å². The summed E-state index contributed by atoms with van der Waals surface area (Å²) in [5.41, 5.74) is 2.70. The average molecular weight is 400 g/mol. The van der Waals surface area contributed by atoms with Gasteiger partial charge in [0.1, 0.15) is 0 Å². The fourth-order valence-corrected chi connectivity index (χ4v) is 3.77. The highest BCUT2D eigenvalue weighted by atomic mass is 35.5. The van der Waals surface area contributed by atoms with Crippen LogP contribution in [0.2, 0.25) is 5.02 Å². The molecule has 8 heteroatoms. The summed E-state index contributed by atoms with van der Waals surface area (Å²) in [6, 6.07) is 8.28. The second-order valence-corrected chi connectivity index (χ2v) is 7.30. The number of ether oxygens (including phenoxy) is 1. The van der Waals surface area contributed by atoms with Crippen molar-refractivity contribution >= 4 is 34.4 Å². The molecule has 2 aromatic heterocycles. The van der Waals surface area contributed by atoms with Crippen molar-refractivity contribution in [3.05, 3.63) is 41.7 Å². The van der Waals surface area contributed by atoms with Gasteiger partial charge in [-0.15, -0.1) is 0 Å². The molecule has 1 aromatic carbocycles. The predicted octanol–water partition coefficient (Wildman–Crippen LogP) is 3.33. The summed E-state index contributed by atoms with van der Waals surface area (Å²) >= 11 is 6.39. The first kappa shape index (κ1) is 18.7. The van der Waals surface area contributed by atoms with Crippen molar-refractivity contribution in [3.63, 3.8) is 0 Å². The fraction of sp³-hybridized carbons (Fsp3) is 0.350. The number of carbonyl (C=O) groups excluding carboxylic acids is 1. The maximum absolute atomic E-state index is 11.3. The van der Waals surface area contributed by atoms with E-state index in [-0.39, 0.29) is 12.0 Å². The van der Waals surface area contributed by atoms with Gasteiger partial charge in [0.15, 0.2) is 0 Å². The first-order valence-corrected chi connectivity index (χ1v) is 9.66. The summed E-state index contributed by atoms with van der Waals surface area (Å²) in [5, 5.41) is 4.99. The van der Waals surface area contributed by atoms with Gasteiger partial charge in [-0.1, -0.05) is 29.8 Å². The van der Waals surface area contributed by atoms with E-state index >= 15 is 0 Å². The van der Waals surface area contributed by atoms with Crippen molar-refractivity contribution in [2.75, 3.05) is 32.1 Å². The van der Waals surface area contributed by atoms with E-state index in [0.717, 1.165) is 36.0 Å². The third-order valence-electron chi connectivity index (χ3n) is 5.05. The van der Waals surface area contributed by atoms with E-state index < -0.39 is 0 Å². The summed E-state index contributed by atoms with van der Waals surface area (Å²) in [7, 11) is 1.42. The molecule has 0 aliphatic carbocycles. The zero-order valence-electron chi connectivity index (χ0n) is 15.6. The highest BCUT2D eigenvalue weighted by molar-refractivity contribution is 6.33. The molecule has 4 rings (SSSR count). The van der Waals surface area contributed by atoms with Crippen LogP contribution < -0.4 is 5.32 Å². The molecule has 1 atom stereocenters. The number of halogens is 1. The molecule has 0 saturated carbocycles. The first-order valence-electron chi connectivity index (χ1n) is 9.29. The van der Waals surface area contributed by atoms with Gasteiger partial charge in [-0.2, -0.15) is 0 Å². The van der Waals surface area contributed by atoms with Crippen molar-refractivity contribution in [1.82, 2.24) is 19.9 Å².